The van der Waals surface area contributed by atoms with Crippen LogP contribution in [0.15, 0.2) is 35.2 Å². The fourth-order valence-corrected chi connectivity index (χ4v) is 2.62. The largest absolute Gasteiger partial charge is 0.487 e. The average molecular weight is 290 g/mol. The van der Waals surface area contributed by atoms with E-state index in [1.807, 2.05) is 23.0 Å². The van der Waals surface area contributed by atoms with Crippen molar-refractivity contribution in [1.29, 1.82) is 0 Å². The summed E-state index contributed by atoms with van der Waals surface area (Å²) in [7, 11) is 0. The van der Waals surface area contributed by atoms with Crippen LogP contribution in [0.25, 0.3) is 0 Å². The van der Waals surface area contributed by atoms with Crippen molar-refractivity contribution in [3.8, 4) is 5.75 Å². The van der Waals surface area contributed by atoms with Crippen LogP contribution in [-0.2, 0) is 6.61 Å². The van der Waals surface area contributed by atoms with Gasteiger partial charge in [-0.05, 0) is 37.1 Å². The zero-order chi connectivity index (χ0) is 14.2. The van der Waals surface area contributed by atoms with Crippen LogP contribution in [-0.4, -0.2) is 11.5 Å². The molecule has 108 valence electrons. The summed E-state index contributed by atoms with van der Waals surface area (Å²) >= 11 is 1.59. The maximum atomic E-state index is 5.72. The van der Waals surface area contributed by atoms with Crippen LogP contribution in [0.2, 0.25) is 0 Å². The van der Waals surface area contributed by atoms with Gasteiger partial charge in [0, 0.05) is 11.4 Å². The Kier molecular flexibility index (Phi) is 6.02. The number of benzene rings is 1. The molecule has 1 aromatic carbocycles. The lowest BCUT2D eigenvalue weighted by Gasteiger charge is -2.17. The molecule has 2 rings (SSSR count). The van der Waals surface area contributed by atoms with Crippen LogP contribution in [0.4, 0.5) is 0 Å². The van der Waals surface area contributed by atoms with Gasteiger partial charge in [-0.1, -0.05) is 26.0 Å². The third-order valence-corrected chi connectivity index (χ3v) is 3.84. The Morgan fingerprint density at radius 2 is 2.05 bits per heavy atom. The van der Waals surface area contributed by atoms with Crippen molar-refractivity contribution < 1.29 is 4.74 Å². The Bertz CT molecular complexity index is 482. The summed E-state index contributed by atoms with van der Waals surface area (Å²) in [6, 6.07) is 8.80. The zero-order valence-corrected chi connectivity index (χ0v) is 13.0. The summed E-state index contributed by atoms with van der Waals surface area (Å²) in [6.45, 7) is 5.99. The molecule has 0 radical (unpaired) electrons. The van der Waals surface area contributed by atoms with E-state index in [-0.39, 0.29) is 0 Å². The van der Waals surface area contributed by atoms with Crippen molar-refractivity contribution in [2.24, 2.45) is 0 Å². The van der Waals surface area contributed by atoms with E-state index in [1.54, 1.807) is 11.3 Å². The summed E-state index contributed by atoms with van der Waals surface area (Å²) in [5.41, 5.74) is 4.13. The van der Waals surface area contributed by atoms with E-state index in [4.69, 9.17) is 4.74 Å². The Balaban J connectivity index is 1.91. The molecule has 0 aliphatic rings. The third kappa shape index (κ3) is 4.32. The van der Waals surface area contributed by atoms with Gasteiger partial charge < -0.3 is 10.1 Å². The molecule has 1 N–H and O–H groups in total. The smallest absolute Gasteiger partial charge is 0.131 e. The number of aromatic nitrogens is 1. The molecule has 1 heterocycles. The monoisotopic (exact) mass is 290 g/mol. The Hall–Kier alpha value is -1.39. The van der Waals surface area contributed by atoms with E-state index < -0.39 is 0 Å². The predicted molar refractivity (Wildman–Crippen MR) is 84.2 cm³/mol. The highest BCUT2D eigenvalue weighted by Crippen LogP contribution is 2.21. The standard InChI is InChI=1S/C16H22N2OS/c1-3-9-17-16(4-2)13-5-7-15(8-6-13)19-10-14-11-20-12-18-14/h5-8,11-12,16-17H,3-4,9-10H2,1-2H3. The van der Waals surface area contributed by atoms with Gasteiger partial charge in [-0.3, -0.25) is 0 Å². The second kappa shape index (κ2) is 8.02. The number of rotatable bonds is 8. The topological polar surface area (TPSA) is 34.1 Å². The number of nitrogens with zero attached hydrogens (tertiary/aromatic N) is 1. The summed E-state index contributed by atoms with van der Waals surface area (Å²) < 4.78 is 5.72. The van der Waals surface area contributed by atoms with Gasteiger partial charge in [-0.25, -0.2) is 4.98 Å². The molecular formula is C16H22N2OS. The Morgan fingerprint density at radius 1 is 1.25 bits per heavy atom. The zero-order valence-electron chi connectivity index (χ0n) is 12.1. The van der Waals surface area contributed by atoms with Crippen molar-refractivity contribution in [1.82, 2.24) is 10.3 Å². The molecular weight excluding hydrogens is 268 g/mol. The van der Waals surface area contributed by atoms with Crippen LogP contribution in [0.5, 0.6) is 5.75 Å². The van der Waals surface area contributed by atoms with Gasteiger partial charge in [0.15, 0.2) is 0 Å². The number of hydrogen-bond donors (Lipinski definition) is 1. The van der Waals surface area contributed by atoms with Crippen molar-refractivity contribution in [3.63, 3.8) is 0 Å². The molecule has 0 bridgehead atoms. The van der Waals surface area contributed by atoms with E-state index in [9.17, 15) is 0 Å². The third-order valence-electron chi connectivity index (χ3n) is 3.20. The molecule has 2 aromatic rings. The van der Waals surface area contributed by atoms with Crippen molar-refractivity contribution in [3.05, 3.63) is 46.4 Å². The van der Waals surface area contributed by atoms with Crippen LogP contribution in [0.3, 0.4) is 0 Å². The maximum absolute atomic E-state index is 5.72. The Labute approximate surface area is 125 Å². The highest BCUT2D eigenvalue weighted by molar-refractivity contribution is 7.07. The number of ether oxygens (including phenoxy) is 1. The minimum absolute atomic E-state index is 0.433. The van der Waals surface area contributed by atoms with Gasteiger partial charge in [0.2, 0.25) is 0 Å². The SMILES string of the molecule is CCCNC(CC)c1ccc(OCc2cscn2)cc1. The molecule has 3 nitrogen and oxygen atoms in total. The van der Waals surface area contributed by atoms with Crippen LogP contribution in [0, 0.1) is 0 Å². The lowest BCUT2D eigenvalue weighted by Crippen LogP contribution is -2.21. The molecule has 1 atom stereocenters. The summed E-state index contributed by atoms with van der Waals surface area (Å²) in [5.74, 6) is 0.895. The highest BCUT2D eigenvalue weighted by atomic mass is 32.1. The van der Waals surface area contributed by atoms with Gasteiger partial charge >= 0.3 is 0 Å². The van der Waals surface area contributed by atoms with Crippen LogP contribution < -0.4 is 10.1 Å². The second-order valence-corrected chi connectivity index (χ2v) is 5.47. The summed E-state index contributed by atoms with van der Waals surface area (Å²) in [4.78, 5) is 4.21. The predicted octanol–water partition coefficient (Wildman–Crippen LogP) is 4.17. The summed E-state index contributed by atoms with van der Waals surface area (Å²) in [5, 5.41) is 5.57. The van der Waals surface area contributed by atoms with Gasteiger partial charge in [-0.2, -0.15) is 0 Å². The van der Waals surface area contributed by atoms with E-state index in [0.717, 1.165) is 30.8 Å². The molecule has 0 fully saturated rings. The number of hydrogen-bond acceptors (Lipinski definition) is 4. The normalized spacial score (nSPS) is 12.3. The molecule has 1 unspecified atom stereocenters. The molecule has 1 aromatic heterocycles. The Morgan fingerprint density at radius 3 is 2.65 bits per heavy atom. The minimum atomic E-state index is 0.433. The molecule has 20 heavy (non-hydrogen) atoms. The van der Waals surface area contributed by atoms with Crippen LogP contribution in [0.1, 0.15) is 44.0 Å². The van der Waals surface area contributed by atoms with Crippen molar-refractivity contribution in [2.45, 2.75) is 39.3 Å². The first kappa shape index (κ1) is 15.0. The quantitative estimate of drug-likeness (QED) is 0.792. The molecule has 4 heteroatoms. The molecule has 0 aliphatic carbocycles. The lowest BCUT2D eigenvalue weighted by molar-refractivity contribution is 0.302. The van der Waals surface area contributed by atoms with Crippen molar-refractivity contribution in [2.75, 3.05) is 6.54 Å². The fourth-order valence-electron chi connectivity index (χ4n) is 2.08. The first-order chi connectivity index (χ1) is 9.83. The molecule has 0 saturated carbocycles. The fraction of sp³-hybridized carbons (Fsp3) is 0.438. The second-order valence-electron chi connectivity index (χ2n) is 4.75. The van der Waals surface area contributed by atoms with E-state index in [2.05, 4.69) is 36.3 Å². The number of thiazole rings is 1. The van der Waals surface area contributed by atoms with Gasteiger partial charge in [0.05, 0.1) is 11.2 Å². The average Bonchev–Trinajstić information content (AvgIpc) is 3.00. The molecule has 0 amide bonds. The van der Waals surface area contributed by atoms with Gasteiger partial charge in [0.1, 0.15) is 12.4 Å². The number of nitrogens with one attached hydrogen (secondary N) is 1. The van der Waals surface area contributed by atoms with Gasteiger partial charge in [0.25, 0.3) is 0 Å². The molecule has 0 spiro atoms. The minimum Gasteiger partial charge on any atom is -0.487 e. The first-order valence-electron chi connectivity index (χ1n) is 7.16. The van der Waals surface area contributed by atoms with Crippen LogP contribution >= 0.6 is 11.3 Å². The van der Waals surface area contributed by atoms with E-state index in [1.165, 1.54) is 5.56 Å². The molecule has 0 saturated heterocycles. The lowest BCUT2D eigenvalue weighted by atomic mass is 10.0. The van der Waals surface area contributed by atoms with E-state index in [0.29, 0.717) is 12.6 Å². The van der Waals surface area contributed by atoms with E-state index >= 15 is 0 Å². The summed E-state index contributed by atoms with van der Waals surface area (Å²) in [6.07, 6.45) is 2.25. The highest BCUT2D eigenvalue weighted by Gasteiger charge is 2.08. The molecule has 0 aliphatic heterocycles. The first-order valence-corrected chi connectivity index (χ1v) is 8.11. The van der Waals surface area contributed by atoms with Crippen molar-refractivity contribution >= 4 is 11.3 Å². The maximum Gasteiger partial charge on any atom is 0.131 e. The van der Waals surface area contributed by atoms with Gasteiger partial charge in [-0.15, -0.1) is 11.3 Å².